The number of carbonyl (C=O) groups is 5. The highest BCUT2D eigenvalue weighted by atomic mass is 16.4. The molecule has 0 saturated carbocycles. The quantitative estimate of drug-likeness (QED) is 0.148. The standard InChI is InChI=1S/C21H31N5O8/c1-10(18(30)25-15(21(33)34)7-8-16(23)29)24-20(32)17(11(2)27)26-19(31)14(22)9-12-3-5-13(28)6-4-12/h3-6,10-11,14-15,17,27-28H,7-9,22H2,1-2H3,(H2,23,29)(H,24,32)(H,25,30)(H,26,31)(H,33,34). The van der Waals surface area contributed by atoms with E-state index in [0.717, 1.165) is 0 Å². The Bertz CT molecular complexity index is 890. The molecule has 0 aliphatic carbocycles. The molecule has 1 aromatic carbocycles. The van der Waals surface area contributed by atoms with E-state index in [2.05, 4.69) is 16.0 Å². The second-order valence-electron chi connectivity index (χ2n) is 7.84. The zero-order valence-corrected chi connectivity index (χ0v) is 18.9. The van der Waals surface area contributed by atoms with Gasteiger partial charge < -0.3 is 42.7 Å². The van der Waals surface area contributed by atoms with Crippen molar-refractivity contribution in [3.8, 4) is 5.75 Å². The Hall–Kier alpha value is -3.71. The van der Waals surface area contributed by atoms with E-state index >= 15 is 0 Å². The van der Waals surface area contributed by atoms with Crippen LogP contribution >= 0.6 is 0 Å². The Morgan fingerprint density at radius 3 is 2.03 bits per heavy atom. The largest absolute Gasteiger partial charge is 0.508 e. The lowest BCUT2D eigenvalue weighted by Crippen LogP contribution is -2.59. The number of nitrogens with one attached hydrogen (secondary N) is 3. The summed E-state index contributed by atoms with van der Waals surface area (Å²) in [4.78, 5) is 59.4. The van der Waals surface area contributed by atoms with Crippen LogP contribution in [0.5, 0.6) is 5.75 Å². The summed E-state index contributed by atoms with van der Waals surface area (Å²) < 4.78 is 0. The van der Waals surface area contributed by atoms with Crippen LogP contribution in [0.2, 0.25) is 0 Å². The van der Waals surface area contributed by atoms with E-state index in [4.69, 9.17) is 11.5 Å². The van der Waals surface area contributed by atoms with Crippen LogP contribution in [0.15, 0.2) is 24.3 Å². The molecule has 0 heterocycles. The number of amides is 4. The number of primary amides is 1. The van der Waals surface area contributed by atoms with Crippen molar-refractivity contribution >= 4 is 29.6 Å². The fourth-order valence-corrected chi connectivity index (χ4v) is 2.85. The molecule has 13 heteroatoms. The molecule has 0 aliphatic rings. The Morgan fingerprint density at radius 1 is 0.941 bits per heavy atom. The molecule has 4 amide bonds. The summed E-state index contributed by atoms with van der Waals surface area (Å²) >= 11 is 0. The minimum Gasteiger partial charge on any atom is -0.508 e. The number of nitrogens with two attached hydrogens (primary N) is 2. The van der Waals surface area contributed by atoms with Crippen LogP contribution in [0.3, 0.4) is 0 Å². The van der Waals surface area contributed by atoms with Gasteiger partial charge in [0.1, 0.15) is 23.9 Å². The Labute approximate surface area is 195 Å². The van der Waals surface area contributed by atoms with Gasteiger partial charge in [-0.3, -0.25) is 19.2 Å². The average molecular weight is 482 g/mol. The molecule has 0 fully saturated rings. The summed E-state index contributed by atoms with van der Waals surface area (Å²) in [7, 11) is 0. The maximum Gasteiger partial charge on any atom is 0.326 e. The first-order chi connectivity index (χ1) is 15.8. The SMILES string of the molecule is CC(NC(=O)C(NC(=O)C(N)Cc1ccc(O)cc1)C(C)O)C(=O)NC(CCC(N)=O)C(=O)O. The van der Waals surface area contributed by atoms with E-state index in [0.29, 0.717) is 5.56 Å². The van der Waals surface area contributed by atoms with Crippen molar-refractivity contribution in [2.45, 2.75) is 63.4 Å². The molecule has 0 spiro atoms. The smallest absolute Gasteiger partial charge is 0.326 e. The lowest BCUT2D eigenvalue weighted by Gasteiger charge is -2.25. The first kappa shape index (κ1) is 28.3. The number of phenols is 1. The Kier molecular flexibility index (Phi) is 10.9. The van der Waals surface area contributed by atoms with Crippen LogP contribution < -0.4 is 27.4 Å². The highest BCUT2D eigenvalue weighted by Gasteiger charge is 2.31. The minimum atomic E-state index is -1.45. The van der Waals surface area contributed by atoms with Crippen LogP contribution in [0, 0.1) is 0 Å². The molecular formula is C21H31N5O8. The van der Waals surface area contributed by atoms with Gasteiger partial charge in [-0.2, -0.15) is 0 Å². The lowest BCUT2D eigenvalue weighted by molar-refractivity contribution is -0.142. The lowest BCUT2D eigenvalue weighted by atomic mass is 10.0. The van der Waals surface area contributed by atoms with E-state index in [1.165, 1.54) is 26.0 Å². The van der Waals surface area contributed by atoms with Gasteiger partial charge in [0.05, 0.1) is 12.1 Å². The zero-order chi connectivity index (χ0) is 26.0. The van der Waals surface area contributed by atoms with Crippen molar-refractivity contribution in [3.05, 3.63) is 29.8 Å². The number of aromatic hydroxyl groups is 1. The van der Waals surface area contributed by atoms with Gasteiger partial charge in [0.25, 0.3) is 0 Å². The molecule has 0 saturated heterocycles. The topological polar surface area (TPSA) is 234 Å². The van der Waals surface area contributed by atoms with Crippen molar-refractivity contribution < 1.29 is 39.3 Å². The molecule has 13 nitrogen and oxygen atoms in total. The van der Waals surface area contributed by atoms with Crippen LogP contribution in [-0.4, -0.2) is 75.2 Å². The third-order valence-corrected chi connectivity index (χ3v) is 4.84. The van der Waals surface area contributed by atoms with Gasteiger partial charge in [-0.25, -0.2) is 4.79 Å². The minimum absolute atomic E-state index is 0.0494. The molecule has 0 bridgehead atoms. The highest BCUT2D eigenvalue weighted by molar-refractivity contribution is 5.94. The van der Waals surface area contributed by atoms with Gasteiger partial charge in [-0.15, -0.1) is 0 Å². The predicted octanol–water partition coefficient (Wildman–Crippen LogP) is -2.53. The molecule has 1 rings (SSSR count). The fourth-order valence-electron chi connectivity index (χ4n) is 2.85. The summed E-state index contributed by atoms with van der Waals surface area (Å²) in [6, 6.07) is 0.879. The van der Waals surface area contributed by atoms with E-state index in [1.54, 1.807) is 12.1 Å². The van der Waals surface area contributed by atoms with E-state index in [-0.39, 0.29) is 25.0 Å². The number of carboxylic acid groups (broad SMARTS) is 1. The van der Waals surface area contributed by atoms with Gasteiger partial charge >= 0.3 is 5.97 Å². The van der Waals surface area contributed by atoms with E-state index in [1.807, 2.05) is 0 Å². The van der Waals surface area contributed by atoms with Crippen molar-refractivity contribution in [2.75, 3.05) is 0 Å². The monoisotopic (exact) mass is 481 g/mol. The number of carboxylic acids is 1. The molecule has 34 heavy (non-hydrogen) atoms. The predicted molar refractivity (Wildman–Crippen MR) is 119 cm³/mol. The van der Waals surface area contributed by atoms with E-state index < -0.39 is 59.9 Å². The van der Waals surface area contributed by atoms with Crippen molar-refractivity contribution in [2.24, 2.45) is 11.5 Å². The molecule has 5 unspecified atom stereocenters. The summed E-state index contributed by atoms with van der Waals surface area (Å²) in [5, 5.41) is 35.3. The van der Waals surface area contributed by atoms with Crippen molar-refractivity contribution in [1.29, 1.82) is 0 Å². The van der Waals surface area contributed by atoms with Gasteiger partial charge in [-0.05, 0) is 44.4 Å². The second kappa shape index (κ2) is 13.1. The van der Waals surface area contributed by atoms with Gasteiger partial charge in [0, 0.05) is 6.42 Å². The Morgan fingerprint density at radius 2 is 1.53 bits per heavy atom. The molecule has 1 aromatic rings. The van der Waals surface area contributed by atoms with Crippen molar-refractivity contribution in [1.82, 2.24) is 16.0 Å². The summed E-state index contributed by atoms with van der Waals surface area (Å²) in [6.07, 6.45) is -1.75. The molecule has 188 valence electrons. The zero-order valence-electron chi connectivity index (χ0n) is 18.9. The van der Waals surface area contributed by atoms with Crippen LogP contribution in [-0.2, 0) is 30.4 Å². The number of aliphatic carboxylic acids is 1. The molecule has 0 aliphatic heterocycles. The van der Waals surface area contributed by atoms with Crippen LogP contribution in [0.1, 0.15) is 32.3 Å². The summed E-state index contributed by atoms with van der Waals surface area (Å²) in [5.41, 5.74) is 11.5. The van der Waals surface area contributed by atoms with E-state index in [9.17, 15) is 39.3 Å². The number of carbonyl (C=O) groups excluding carboxylic acids is 4. The molecule has 5 atom stereocenters. The number of rotatable bonds is 13. The van der Waals surface area contributed by atoms with Crippen LogP contribution in [0.4, 0.5) is 0 Å². The number of aliphatic hydroxyl groups excluding tert-OH is 1. The number of hydrogen-bond acceptors (Lipinski definition) is 8. The number of benzene rings is 1. The second-order valence-corrected chi connectivity index (χ2v) is 7.84. The fraction of sp³-hybridized carbons (Fsp3) is 0.476. The maximum absolute atomic E-state index is 12.6. The number of hydrogen-bond donors (Lipinski definition) is 8. The molecule has 0 aromatic heterocycles. The third kappa shape index (κ3) is 9.42. The number of aliphatic hydroxyl groups is 1. The first-order valence-corrected chi connectivity index (χ1v) is 10.5. The summed E-state index contributed by atoms with van der Waals surface area (Å²) in [5.74, 6) is -4.56. The molecular weight excluding hydrogens is 450 g/mol. The molecule has 10 N–H and O–H groups in total. The number of phenolic OH excluding ortho intramolecular Hbond substituents is 1. The van der Waals surface area contributed by atoms with Crippen molar-refractivity contribution in [3.63, 3.8) is 0 Å². The van der Waals surface area contributed by atoms with Gasteiger partial charge in [0.15, 0.2) is 0 Å². The van der Waals surface area contributed by atoms with Gasteiger partial charge in [0.2, 0.25) is 23.6 Å². The normalized spacial score (nSPS) is 15.2. The average Bonchev–Trinajstić information content (AvgIpc) is 2.75. The maximum atomic E-state index is 12.6. The molecule has 0 radical (unpaired) electrons. The highest BCUT2D eigenvalue weighted by Crippen LogP contribution is 2.11. The van der Waals surface area contributed by atoms with Crippen LogP contribution in [0.25, 0.3) is 0 Å². The summed E-state index contributed by atoms with van der Waals surface area (Å²) in [6.45, 7) is 2.53. The third-order valence-electron chi connectivity index (χ3n) is 4.84. The first-order valence-electron chi connectivity index (χ1n) is 10.5. The Balaban J connectivity index is 2.72. The van der Waals surface area contributed by atoms with Gasteiger partial charge in [-0.1, -0.05) is 12.1 Å².